The van der Waals surface area contributed by atoms with Crippen LogP contribution in [0, 0.1) is 6.92 Å². The lowest BCUT2D eigenvalue weighted by Crippen LogP contribution is -2.51. The van der Waals surface area contributed by atoms with Crippen molar-refractivity contribution in [3.8, 4) is 5.88 Å². The topological polar surface area (TPSA) is 59.5 Å². The molecular weight excluding hydrogens is 268 g/mol. The number of rotatable bonds is 7. The highest BCUT2D eigenvalue weighted by Crippen LogP contribution is 2.19. The number of nitrogens with one attached hydrogen (secondary N) is 1. The maximum absolute atomic E-state index is 5.60. The van der Waals surface area contributed by atoms with Crippen molar-refractivity contribution in [2.75, 3.05) is 44.4 Å². The van der Waals surface area contributed by atoms with Gasteiger partial charge in [0.15, 0.2) is 0 Å². The van der Waals surface area contributed by atoms with E-state index >= 15 is 0 Å². The molecule has 0 aliphatic carbocycles. The van der Waals surface area contributed by atoms with Crippen LogP contribution in [0.1, 0.15) is 26.0 Å². The zero-order valence-electron chi connectivity index (χ0n) is 13.3. The summed E-state index contributed by atoms with van der Waals surface area (Å²) >= 11 is 0. The Morgan fingerprint density at radius 2 is 2.29 bits per heavy atom. The largest absolute Gasteiger partial charge is 0.478 e. The van der Waals surface area contributed by atoms with Gasteiger partial charge >= 0.3 is 0 Å². The van der Waals surface area contributed by atoms with Gasteiger partial charge in [0, 0.05) is 24.8 Å². The van der Waals surface area contributed by atoms with Crippen LogP contribution in [0.2, 0.25) is 0 Å². The lowest BCUT2D eigenvalue weighted by atomic mass is 10.2. The molecule has 2 heterocycles. The number of nitrogens with zero attached hydrogens (tertiary/aromatic N) is 3. The molecule has 6 nitrogen and oxygen atoms in total. The number of hydrogen-bond acceptors (Lipinski definition) is 6. The first-order chi connectivity index (χ1) is 10.2. The number of hydrogen-bond donors (Lipinski definition) is 1. The minimum Gasteiger partial charge on any atom is -0.478 e. The van der Waals surface area contributed by atoms with Crippen LogP contribution >= 0.6 is 0 Å². The SMILES string of the molecule is CCCNCC1COCCN1c1nc(C)cc(OCC)n1. The van der Waals surface area contributed by atoms with Crippen molar-refractivity contribution in [3.63, 3.8) is 0 Å². The molecule has 1 fully saturated rings. The second-order valence-electron chi connectivity index (χ2n) is 5.21. The second-order valence-corrected chi connectivity index (χ2v) is 5.21. The van der Waals surface area contributed by atoms with E-state index in [1.54, 1.807) is 0 Å². The molecule has 1 aliphatic heterocycles. The van der Waals surface area contributed by atoms with E-state index in [-0.39, 0.29) is 6.04 Å². The number of morpholine rings is 1. The molecule has 2 rings (SSSR count). The first kappa shape index (κ1) is 16.0. The van der Waals surface area contributed by atoms with Gasteiger partial charge < -0.3 is 19.7 Å². The van der Waals surface area contributed by atoms with Gasteiger partial charge in [-0.05, 0) is 26.8 Å². The second kappa shape index (κ2) is 8.14. The van der Waals surface area contributed by atoms with Crippen LogP contribution < -0.4 is 15.0 Å². The van der Waals surface area contributed by atoms with Gasteiger partial charge in [0.05, 0.1) is 25.9 Å². The predicted molar refractivity (Wildman–Crippen MR) is 83.1 cm³/mol. The monoisotopic (exact) mass is 294 g/mol. The molecule has 1 aromatic heterocycles. The van der Waals surface area contributed by atoms with Crippen LogP contribution in [0.4, 0.5) is 5.95 Å². The summed E-state index contributed by atoms with van der Waals surface area (Å²) in [6.45, 7) is 10.8. The van der Waals surface area contributed by atoms with E-state index < -0.39 is 0 Å². The van der Waals surface area contributed by atoms with Crippen LogP contribution in [0.25, 0.3) is 0 Å². The number of anilines is 1. The summed E-state index contributed by atoms with van der Waals surface area (Å²) < 4.78 is 11.1. The van der Waals surface area contributed by atoms with Crippen LogP contribution in [-0.4, -0.2) is 55.5 Å². The lowest BCUT2D eigenvalue weighted by molar-refractivity contribution is 0.0928. The van der Waals surface area contributed by atoms with Crippen LogP contribution in [-0.2, 0) is 4.74 Å². The fourth-order valence-electron chi connectivity index (χ4n) is 2.41. The first-order valence-corrected chi connectivity index (χ1v) is 7.78. The molecule has 0 amide bonds. The molecule has 1 saturated heterocycles. The Balaban J connectivity index is 2.12. The Morgan fingerprint density at radius 3 is 3.05 bits per heavy atom. The van der Waals surface area contributed by atoms with E-state index in [0.29, 0.717) is 25.7 Å². The summed E-state index contributed by atoms with van der Waals surface area (Å²) in [4.78, 5) is 11.3. The summed E-state index contributed by atoms with van der Waals surface area (Å²) in [5, 5.41) is 3.45. The van der Waals surface area contributed by atoms with Crippen molar-refractivity contribution >= 4 is 5.95 Å². The van der Waals surface area contributed by atoms with Crippen molar-refractivity contribution in [1.29, 1.82) is 0 Å². The summed E-state index contributed by atoms with van der Waals surface area (Å²) in [5.74, 6) is 1.39. The molecule has 6 heteroatoms. The van der Waals surface area contributed by atoms with Crippen molar-refractivity contribution < 1.29 is 9.47 Å². The lowest BCUT2D eigenvalue weighted by Gasteiger charge is -2.36. The van der Waals surface area contributed by atoms with Gasteiger partial charge in [-0.1, -0.05) is 6.92 Å². The zero-order chi connectivity index (χ0) is 15.1. The van der Waals surface area contributed by atoms with Crippen LogP contribution in [0.5, 0.6) is 5.88 Å². The average molecular weight is 294 g/mol. The summed E-state index contributed by atoms with van der Waals surface area (Å²) in [6.07, 6.45) is 1.13. The molecule has 0 spiro atoms. The highest BCUT2D eigenvalue weighted by atomic mass is 16.5. The van der Waals surface area contributed by atoms with Gasteiger partial charge in [0.2, 0.25) is 11.8 Å². The Morgan fingerprint density at radius 1 is 1.43 bits per heavy atom. The Labute approximate surface area is 126 Å². The standard InChI is InChI=1S/C15H26N4O2/c1-4-6-16-10-13-11-20-8-7-19(13)15-17-12(3)9-14(18-15)21-5-2/h9,13,16H,4-8,10-11H2,1-3H3. The van der Waals surface area contributed by atoms with E-state index in [1.165, 1.54) is 0 Å². The van der Waals surface area contributed by atoms with E-state index in [2.05, 4.69) is 27.1 Å². The van der Waals surface area contributed by atoms with E-state index in [4.69, 9.17) is 9.47 Å². The maximum atomic E-state index is 5.60. The Kier molecular flexibility index (Phi) is 6.20. The fourth-order valence-corrected chi connectivity index (χ4v) is 2.41. The molecule has 0 radical (unpaired) electrons. The van der Waals surface area contributed by atoms with Gasteiger partial charge in [0.1, 0.15) is 0 Å². The normalized spacial score (nSPS) is 18.8. The van der Waals surface area contributed by atoms with Gasteiger partial charge in [-0.15, -0.1) is 0 Å². The van der Waals surface area contributed by atoms with Crippen molar-refractivity contribution in [3.05, 3.63) is 11.8 Å². The first-order valence-electron chi connectivity index (χ1n) is 7.78. The molecular formula is C15H26N4O2. The molecule has 1 unspecified atom stereocenters. The third kappa shape index (κ3) is 4.54. The maximum Gasteiger partial charge on any atom is 0.229 e. The zero-order valence-corrected chi connectivity index (χ0v) is 13.3. The number of aromatic nitrogens is 2. The summed E-state index contributed by atoms with van der Waals surface area (Å²) in [7, 11) is 0. The summed E-state index contributed by atoms with van der Waals surface area (Å²) in [5.41, 5.74) is 0.926. The highest BCUT2D eigenvalue weighted by Gasteiger charge is 2.25. The van der Waals surface area contributed by atoms with E-state index in [1.807, 2.05) is 19.9 Å². The molecule has 21 heavy (non-hydrogen) atoms. The van der Waals surface area contributed by atoms with Crippen molar-refractivity contribution in [2.45, 2.75) is 33.2 Å². The van der Waals surface area contributed by atoms with Gasteiger partial charge in [-0.25, -0.2) is 4.98 Å². The number of aryl methyl sites for hydroxylation is 1. The average Bonchev–Trinajstić information content (AvgIpc) is 2.48. The fraction of sp³-hybridized carbons (Fsp3) is 0.733. The quantitative estimate of drug-likeness (QED) is 0.767. The molecule has 0 saturated carbocycles. The molecule has 118 valence electrons. The van der Waals surface area contributed by atoms with Crippen molar-refractivity contribution in [2.24, 2.45) is 0 Å². The minimum absolute atomic E-state index is 0.265. The molecule has 0 bridgehead atoms. The van der Waals surface area contributed by atoms with Gasteiger partial charge in [0.25, 0.3) is 0 Å². The summed E-state index contributed by atoms with van der Waals surface area (Å²) in [6, 6.07) is 2.14. The van der Waals surface area contributed by atoms with Gasteiger partial charge in [-0.3, -0.25) is 0 Å². The molecule has 1 N–H and O–H groups in total. The van der Waals surface area contributed by atoms with Crippen molar-refractivity contribution in [1.82, 2.24) is 15.3 Å². The molecule has 1 aliphatic rings. The highest BCUT2D eigenvalue weighted by molar-refractivity contribution is 5.36. The predicted octanol–water partition coefficient (Wildman–Crippen LogP) is 1.39. The van der Waals surface area contributed by atoms with E-state index in [0.717, 1.165) is 37.7 Å². The number of ether oxygens (including phenoxy) is 2. The Hall–Kier alpha value is -1.40. The molecule has 0 aromatic carbocycles. The minimum atomic E-state index is 0.265. The smallest absolute Gasteiger partial charge is 0.229 e. The molecule has 1 atom stereocenters. The van der Waals surface area contributed by atoms with Crippen LogP contribution in [0.3, 0.4) is 0 Å². The van der Waals surface area contributed by atoms with E-state index in [9.17, 15) is 0 Å². The Bertz CT molecular complexity index is 442. The van der Waals surface area contributed by atoms with Crippen LogP contribution in [0.15, 0.2) is 6.07 Å². The third-order valence-corrected chi connectivity index (χ3v) is 3.40. The molecule has 1 aromatic rings. The third-order valence-electron chi connectivity index (χ3n) is 3.40. The van der Waals surface area contributed by atoms with Gasteiger partial charge in [-0.2, -0.15) is 4.98 Å².